The second-order valence-corrected chi connectivity index (χ2v) is 8.02. The fourth-order valence-electron chi connectivity index (χ4n) is 3.78. The molecule has 5 heteroatoms. The Balaban J connectivity index is 1.93. The van der Waals surface area contributed by atoms with E-state index in [1.54, 1.807) is 0 Å². The van der Waals surface area contributed by atoms with E-state index in [0.717, 1.165) is 32.1 Å². The molecule has 1 heterocycles. The Hall–Kier alpha value is -1.59. The Morgan fingerprint density at radius 3 is 2.43 bits per heavy atom. The largest absolute Gasteiger partial charge is 0.357 e. The zero-order valence-corrected chi connectivity index (χ0v) is 18.7. The maximum atomic E-state index is 4.86. The molecule has 1 aromatic carbocycles. The summed E-state index contributed by atoms with van der Waals surface area (Å²) in [7, 11) is 0. The van der Waals surface area contributed by atoms with Crippen LogP contribution in [-0.2, 0) is 13.1 Å². The Bertz CT molecular complexity index is 586. The fourth-order valence-corrected chi connectivity index (χ4v) is 3.78. The van der Waals surface area contributed by atoms with Crippen LogP contribution >= 0.6 is 0 Å². The maximum Gasteiger partial charge on any atom is 0.191 e. The van der Waals surface area contributed by atoms with Gasteiger partial charge in [-0.25, -0.2) is 4.99 Å². The Kier molecular flexibility index (Phi) is 9.79. The molecular weight excluding hydrogens is 346 g/mol. The van der Waals surface area contributed by atoms with Crippen LogP contribution in [0.5, 0.6) is 0 Å². The first kappa shape index (κ1) is 22.7. The summed E-state index contributed by atoms with van der Waals surface area (Å²) in [6, 6.07) is 10.0. The van der Waals surface area contributed by atoms with Gasteiger partial charge in [0, 0.05) is 38.3 Å². The van der Waals surface area contributed by atoms with Crippen molar-refractivity contribution >= 4 is 5.96 Å². The summed E-state index contributed by atoms with van der Waals surface area (Å²) in [6.45, 7) is 18.3. The van der Waals surface area contributed by atoms with E-state index in [1.807, 2.05) is 0 Å². The van der Waals surface area contributed by atoms with Gasteiger partial charge in [-0.1, -0.05) is 38.1 Å². The van der Waals surface area contributed by atoms with Gasteiger partial charge >= 0.3 is 0 Å². The fraction of sp³-hybridized carbons (Fsp3) is 0.696. The normalized spacial score (nSPS) is 16.8. The number of benzene rings is 1. The number of hydrogen-bond acceptors (Lipinski definition) is 3. The Morgan fingerprint density at radius 1 is 1.14 bits per heavy atom. The molecule has 1 saturated heterocycles. The molecule has 158 valence electrons. The minimum atomic E-state index is 0.516. The zero-order chi connectivity index (χ0) is 20.4. The molecule has 1 aliphatic heterocycles. The van der Waals surface area contributed by atoms with Crippen LogP contribution in [0.3, 0.4) is 0 Å². The predicted octanol–water partition coefficient (Wildman–Crippen LogP) is 3.46. The lowest BCUT2D eigenvalue weighted by Gasteiger charge is -2.35. The number of rotatable bonds is 9. The first-order valence-corrected chi connectivity index (χ1v) is 11.1. The van der Waals surface area contributed by atoms with Gasteiger partial charge in [-0.05, 0) is 57.8 Å². The molecule has 0 unspecified atom stereocenters. The average molecular weight is 388 g/mol. The molecule has 5 nitrogen and oxygen atoms in total. The SMILES string of the molecule is CCNC(=NCc1cccc(CN(CC)CC)c1)NC1CCN(C(C)C)CC1. The molecule has 2 rings (SSSR count). The summed E-state index contributed by atoms with van der Waals surface area (Å²) in [6.07, 6.45) is 2.36. The molecule has 1 aromatic rings. The van der Waals surface area contributed by atoms with Crippen LogP contribution in [0.2, 0.25) is 0 Å². The molecular formula is C23H41N5. The van der Waals surface area contributed by atoms with E-state index in [9.17, 15) is 0 Å². The smallest absolute Gasteiger partial charge is 0.191 e. The third-order valence-corrected chi connectivity index (χ3v) is 5.66. The van der Waals surface area contributed by atoms with Gasteiger partial charge in [-0.15, -0.1) is 0 Å². The van der Waals surface area contributed by atoms with Crippen LogP contribution in [-0.4, -0.2) is 60.6 Å². The van der Waals surface area contributed by atoms with Crippen LogP contribution in [0.4, 0.5) is 0 Å². The average Bonchev–Trinajstić information content (AvgIpc) is 2.71. The number of piperidine rings is 1. The molecule has 2 N–H and O–H groups in total. The predicted molar refractivity (Wildman–Crippen MR) is 121 cm³/mol. The van der Waals surface area contributed by atoms with Crippen molar-refractivity contribution in [1.82, 2.24) is 20.4 Å². The van der Waals surface area contributed by atoms with Crippen molar-refractivity contribution in [3.8, 4) is 0 Å². The van der Waals surface area contributed by atoms with Gasteiger partial charge in [0.05, 0.1) is 6.54 Å². The Labute approximate surface area is 172 Å². The van der Waals surface area contributed by atoms with Crippen LogP contribution in [0.25, 0.3) is 0 Å². The van der Waals surface area contributed by atoms with E-state index in [2.05, 4.69) is 79.3 Å². The van der Waals surface area contributed by atoms with Crippen molar-refractivity contribution in [2.75, 3.05) is 32.7 Å². The summed E-state index contributed by atoms with van der Waals surface area (Å²) in [5.74, 6) is 0.944. The Morgan fingerprint density at radius 2 is 1.82 bits per heavy atom. The van der Waals surface area contributed by atoms with Crippen molar-refractivity contribution in [1.29, 1.82) is 0 Å². The van der Waals surface area contributed by atoms with Gasteiger partial charge in [0.15, 0.2) is 5.96 Å². The van der Waals surface area contributed by atoms with Gasteiger partial charge in [0.1, 0.15) is 0 Å². The second kappa shape index (κ2) is 12.1. The minimum Gasteiger partial charge on any atom is -0.357 e. The second-order valence-electron chi connectivity index (χ2n) is 8.02. The lowest BCUT2D eigenvalue weighted by molar-refractivity contribution is 0.167. The molecule has 0 aromatic heterocycles. The number of nitrogens with zero attached hydrogens (tertiary/aromatic N) is 3. The van der Waals surface area contributed by atoms with Crippen molar-refractivity contribution in [2.45, 2.75) is 72.6 Å². The molecule has 1 fully saturated rings. The van der Waals surface area contributed by atoms with E-state index >= 15 is 0 Å². The molecule has 1 aliphatic rings. The summed E-state index contributed by atoms with van der Waals surface area (Å²) in [5.41, 5.74) is 2.65. The number of likely N-dealkylation sites (tertiary alicyclic amines) is 1. The highest BCUT2D eigenvalue weighted by atomic mass is 15.2. The third kappa shape index (κ3) is 7.44. The molecule has 0 spiro atoms. The van der Waals surface area contributed by atoms with E-state index in [1.165, 1.54) is 37.1 Å². The van der Waals surface area contributed by atoms with Crippen molar-refractivity contribution in [3.05, 3.63) is 35.4 Å². The molecule has 0 saturated carbocycles. The first-order valence-electron chi connectivity index (χ1n) is 11.1. The summed E-state index contributed by atoms with van der Waals surface area (Å²) < 4.78 is 0. The highest BCUT2D eigenvalue weighted by molar-refractivity contribution is 5.80. The van der Waals surface area contributed by atoms with E-state index < -0.39 is 0 Å². The van der Waals surface area contributed by atoms with Gasteiger partial charge in [-0.3, -0.25) is 4.90 Å². The first-order chi connectivity index (χ1) is 13.5. The van der Waals surface area contributed by atoms with Crippen LogP contribution in [0.1, 0.15) is 58.6 Å². The van der Waals surface area contributed by atoms with Gasteiger partial charge in [-0.2, -0.15) is 0 Å². The van der Waals surface area contributed by atoms with Crippen LogP contribution in [0, 0.1) is 0 Å². The zero-order valence-electron chi connectivity index (χ0n) is 18.7. The number of nitrogens with one attached hydrogen (secondary N) is 2. The summed E-state index contributed by atoms with van der Waals surface area (Å²) >= 11 is 0. The number of hydrogen-bond donors (Lipinski definition) is 2. The van der Waals surface area contributed by atoms with Crippen molar-refractivity contribution < 1.29 is 0 Å². The van der Waals surface area contributed by atoms with Crippen LogP contribution < -0.4 is 10.6 Å². The van der Waals surface area contributed by atoms with Crippen molar-refractivity contribution in [2.24, 2.45) is 4.99 Å². The molecule has 0 aliphatic carbocycles. The maximum absolute atomic E-state index is 4.86. The van der Waals surface area contributed by atoms with E-state index in [0.29, 0.717) is 18.6 Å². The highest BCUT2D eigenvalue weighted by Gasteiger charge is 2.21. The van der Waals surface area contributed by atoms with Crippen LogP contribution in [0.15, 0.2) is 29.3 Å². The molecule has 28 heavy (non-hydrogen) atoms. The highest BCUT2D eigenvalue weighted by Crippen LogP contribution is 2.13. The monoisotopic (exact) mass is 387 g/mol. The van der Waals surface area contributed by atoms with E-state index in [4.69, 9.17) is 4.99 Å². The lowest BCUT2D eigenvalue weighted by Crippen LogP contribution is -2.49. The van der Waals surface area contributed by atoms with Gasteiger partial charge in [0.2, 0.25) is 0 Å². The van der Waals surface area contributed by atoms with E-state index in [-0.39, 0.29) is 0 Å². The molecule has 0 bridgehead atoms. The topological polar surface area (TPSA) is 42.9 Å². The third-order valence-electron chi connectivity index (χ3n) is 5.66. The lowest BCUT2D eigenvalue weighted by atomic mass is 10.0. The minimum absolute atomic E-state index is 0.516. The van der Waals surface area contributed by atoms with Gasteiger partial charge in [0.25, 0.3) is 0 Å². The quantitative estimate of drug-likeness (QED) is 0.503. The molecule has 0 amide bonds. The molecule has 0 atom stereocenters. The van der Waals surface area contributed by atoms with Crippen molar-refractivity contribution in [3.63, 3.8) is 0 Å². The number of guanidine groups is 1. The van der Waals surface area contributed by atoms with Gasteiger partial charge < -0.3 is 15.5 Å². The summed E-state index contributed by atoms with van der Waals surface area (Å²) in [5, 5.41) is 7.07. The number of aliphatic imine (C=N–C) groups is 1. The standard InChI is InChI=1S/C23H41N5/c1-6-24-23(26-22-12-14-28(15-13-22)19(4)5)25-17-20-10-9-11-21(16-20)18-27(7-2)8-3/h9-11,16,19,22H,6-8,12-15,17-18H2,1-5H3,(H2,24,25,26). The molecule has 0 radical (unpaired) electrons. The summed E-state index contributed by atoms with van der Waals surface area (Å²) in [4.78, 5) is 9.86.